The fourth-order valence-electron chi connectivity index (χ4n) is 3.00. The van der Waals surface area contributed by atoms with E-state index in [1.807, 2.05) is 45.9 Å². The van der Waals surface area contributed by atoms with Crippen molar-refractivity contribution in [1.29, 1.82) is 0 Å². The summed E-state index contributed by atoms with van der Waals surface area (Å²) >= 11 is 0. The first-order valence-electron chi connectivity index (χ1n) is 8.80. The van der Waals surface area contributed by atoms with Gasteiger partial charge in [0.1, 0.15) is 18.1 Å². The molecule has 2 aromatic heterocycles. The van der Waals surface area contributed by atoms with Crippen LogP contribution < -0.4 is 10.5 Å². The molecule has 0 saturated heterocycles. The van der Waals surface area contributed by atoms with Gasteiger partial charge in [0.15, 0.2) is 5.82 Å². The lowest BCUT2D eigenvalue weighted by Crippen LogP contribution is -2.04. The van der Waals surface area contributed by atoms with E-state index in [1.54, 1.807) is 6.07 Å². The highest BCUT2D eigenvalue weighted by molar-refractivity contribution is 5.43. The van der Waals surface area contributed by atoms with Crippen LogP contribution in [0.5, 0.6) is 11.5 Å². The van der Waals surface area contributed by atoms with Crippen LogP contribution in [-0.4, -0.2) is 20.2 Å². The molecule has 2 N–H and O–H groups in total. The molecule has 0 atom stereocenters. The van der Waals surface area contributed by atoms with E-state index in [9.17, 15) is 9.90 Å². The smallest absolute Gasteiger partial charge is 0.439 e. The van der Waals surface area contributed by atoms with Gasteiger partial charge in [0, 0.05) is 12.1 Å². The molecule has 27 heavy (non-hydrogen) atoms. The lowest BCUT2D eigenvalue weighted by molar-refractivity contribution is 0.285. The maximum absolute atomic E-state index is 11.0. The Morgan fingerprint density at radius 3 is 2.52 bits per heavy atom. The third-order valence-electron chi connectivity index (χ3n) is 4.40. The molecule has 0 aliphatic rings. The molecule has 7 heteroatoms. The first kappa shape index (κ1) is 18.7. The van der Waals surface area contributed by atoms with Crippen LogP contribution in [0, 0.1) is 13.8 Å². The van der Waals surface area contributed by atoms with E-state index >= 15 is 0 Å². The molecular weight excluding hydrogens is 346 g/mol. The van der Waals surface area contributed by atoms with E-state index in [1.165, 1.54) is 5.56 Å². The molecule has 7 nitrogen and oxygen atoms in total. The number of aromatic amines is 1. The largest absolute Gasteiger partial charge is 0.506 e. The lowest BCUT2D eigenvalue weighted by Gasteiger charge is -2.14. The Bertz CT molecular complexity index is 981. The van der Waals surface area contributed by atoms with E-state index in [0.29, 0.717) is 23.7 Å². The van der Waals surface area contributed by atoms with Crippen molar-refractivity contribution in [1.82, 2.24) is 15.1 Å². The Morgan fingerprint density at radius 1 is 1.22 bits per heavy atom. The standard InChI is InChI=1S/C20H23N3O4/c1-11(2)19-17(24)6-5-14(21-19)9-16-12(3)7-15(8-13(16)4)26-10-18-22-20(25)27-23-18/h5-8,11,24H,9-10H2,1-4H3,(H,22,23,25). The van der Waals surface area contributed by atoms with Crippen molar-refractivity contribution in [2.75, 3.05) is 0 Å². The minimum atomic E-state index is -0.599. The van der Waals surface area contributed by atoms with Crippen LogP contribution >= 0.6 is 0 Å². The molecule has 0 fully saturated rings. The summed E-state index contributed by atoms with van der Waals surface area (Å²) in [6.07, 6.45) is 0.675. The molecule has 3 aromatic rings. The Hall–Kier alpha value is -3.09. The third-order valence-corrected chi connectivity index (χ3v) is 4.40. The molecule has 2 heterocycles. The van der Waals surface area contributed by atoms with Gasteiger partial charge in [-0.1, -0.05) is 19.0 Å². The van der Waals surface area contributed by atoms with Crippen molar-refractivity contribution in [3.63, 3.8) is 0 Å². The highest BCUT2D eigenvalue weighted by Gasteiger charge is 2.12. The molecule has 1 aromatic carbocycles. The summed E-state index contributed by atoms with van der Waals surface area (Å²) in [6.45, 7) is 8.20. The van der Waals surface area contributed by atoms with E-state index in [2.05, 4.69) is 19.6 Å². The highest BCUT2D eigenvalue weighted by atomic mass is 16.5. The predicted octanol–water partition coefficient (Wildman–Crippen LogP) is 3.37. The fourth-order valence-corrected chi connectivity index (χ4v) is 3.00. The second-order valence-electron chi connectivity index (χ2n) is 6.90. The van der Waals surface area contributed by atoms with Gasteiger partial charge < -0.3 is 9.84 Å². The molecule has 0 aliphatic heterocycles. The maximum Gasteiger partial charge on any atom is 0.439 e. The van der Waals surface area contributed by atoms with Crippen LogP contribution in [-0.2, 0) is 13.0 Å². The molecule has 0 radical (unpaired) electrons. The number of ether oxygens (including phenoxy) is 1. The molecule has 3 rings (SSSR count). The van der Waals surface area contributed by atoms with Crippen LogP contribution in [0.25, 0.3) is 0 Å². The summed E-state index contributed by atoms with van der Waals surface area (Å²) in [5, 5.41) is 13.5. The van der Waals surface area contributed by atoms with Gasteiger partial charge in [-0.15, -0.1) is 0 Å². The Balaban J connectivity index is 1.78. The van der Waals surface area contributed by atoms with Crippen LogP contribution in [0.1, 0.15) is 53.7 Å². The number of pyridine rings is 1. The SMILES string of the molecule is Cc1cc(OCc2noc(=O)[nH]2)cc(C)c1Cc1ccc(O)c(C(C)C)n1. The van der Waals surface area contributed by atoms with Crippen LogP contribution in [0.2, 0.25) is 0 Å². The molecule has 0 saturated carbocycles. The van der Waals surface area contributed by atoms with Gasteiger partial charge in [0.05, 0.1) is 5.69 Å². The van der Waals surface area contributed by atoms with E-state index in [-0.39, 0.29) is 18.3 Å². The number of aromatic hydroxyl groups is 1. The summed E-state index contributed by atoms with van der Waals surface area (Å²) < 4.78 is 10.2. The minimum Gasteiger partial charge on any atom is -0.506 e. The Morgan fingerprint density at radius 2 is 1.93 bits per heavy atom. The van der Waals surface area contributed by atoms with Crippen molar-refractivity contribution in [3.8, 4) is 11.5 Å². The minimum absolute atomic E-state index is 0.126. The van der Waals surface area contributed by atoms with Crippen LogP contribution in [0.4, 0.5) is 0 Å². The lowest BCUT2D eigenvalue weighted by atomic mass is 9.97. The van der Waals surface area contributed by atoms with Crippen molar-refractivity contribution in [3.05, 3.63) is 68.7 Å². The van der Waals surface area contributed by atoms with Crippen molar-refractivity contribution >= 4 is 0 Å². The average Bonchev–Trinajstić information content (AvgIpc) is 3.03. The monoisotopic (exact) mass is 369 g/mol. The van der Waals surface area contributed by atoms with E-state index in [4.69, 9.17) is 4.74 Å². The summed E-state index contributed by atoms with van der Waals surface area (Å²) in [5.41, 5.74) is 4.96. The molecule has 0 unspecified atom stereocenters. The van der Waals surface area contributed by atoms with Gasteiger partial charge in [-0.3, -0.25) is 14.5 Å². The van der Waals surface area contributed by atoms with Crippen molar-refractivity contribution < 1.29 is 14.4 Å². The van der Waals surface area contributed by atoms with Crippen molar-refractivity contribution in [2.24, 2.45) is 0 Å². The number of rotatable bonds is 6. The van der Waals surface area contributed by atoms with E-state index < -0.39 is 5.76 Å². The van der Waals surface area contributed by atoms with Crippen LogP contribution in [0.3, 0.4) is 0 Å². The predicted molar refractivity (Wildman–Crippen MR) is 100 cm³/mol. The summed E-state index contributed by atoms with van der Waals surface area (Å²) in [6, 6.07) is 7.46. The van der Waals surface area contributed by atoms with Crippen molar-refractivity contribution in [2.45, 2.75) is 46.6 Å². The quantitative estimate of drug-likeness (QED) is 0.691. The molecule has 0 aliphatic carbocycles. The Labute approximate surface area is 157 Å². The topological polar surface area (TPSA) is 101 Å². The summed E-state index contributed by atoms with van der Waals surface area (Å²) in [5.74, 6) is 0.828. The average molecular weight is 369 g/mol. The second kappa shape index (κ2) is 7.65. The number of aryl methyl sites for hydroxylation is 2. The van der Waals surface area contributed by atoms with Gasteiger partial charge in [-0.05, 0) is 60.7 Å². The number of nitrogens with zero attached hydrogens (tertiary/aromatic N) is 2. The van der Waals surface area contributed by atoms with Gasteiger partial charge >= 0.3 is 5.76 Å². The molecular formula is C20H23N3O4. The van der Waals surface area contributed by atoms with Gasteiger partial charge in [-0.2, -0.15) is 0 Å². The highest BCUT2D eigenvalue weighted by Crippen LogP contribution is 2.27. The number of benzene rings is 1. The molecule has 0 spiro atoms. The number of aromatic nitrogens is 3. The normalized spacial score (nSPS) is 11.1. The number of H-pyrrole nitrogens is 1. The molecule has 0 bridgehead atoms. The van der Waals surface area contributed by atoms with Gasteiger partial charge in [0.25, 0.3) is 0 Å². The number of hydrogen-bond donors (Lipinski definition) is 2. The maximum atomic E-state index is 11.0. The first-order valence-corrected chi connectivity index (χ1v) is 8.80. The zero-order chi connectivity index (χ0) is 19.6. The zero-order valence-electron chi connectivity index (χ0n) is 15.9. The summed E-state index contributed by atoms with van der Waals surface area (Å²) in [7, 11) is 0. The summed E-state index contributed by atoms with van der Waals surface area (Å²) in [4.78, 5) is 18.0. The Kier molecular flexibility index (Phi) is 5.30. The number of hydrogen-bond acceptors (Lipinski definition) is 6. The second-order valence-corrected chi connectivity index (χ2v) is 6.90. The molecule has 142 valence electrons. The van der Waals surface area contributed by atoms with E-state index in [0.717, 1.165) is 16.8 Å². The third kappa shape index (κ3) is 4.36. The van der Waals surface area contributed by atoms with Gasteiger partial charge in [-0.25, -0.2) is 4.79 Å². The van der Waals surface area contributed by atoms with Crippen LogP contribution in [0.15, 0.2) is 33.6 Å². The van der Waals surface area contributed by atoms with Gasteiger partial charge in [0.2, 0.25) is 0 Å². The zero-order valence-corrected chi connectivity index (χ0v) is 15.9. The fraction of sp³-hybridized carbons (Fsp3) is 0.350. The first-order chi connectivity index (χ1) is 12.8. The molecule has 0 amide bonds. The number of nitrogens with one attached hydrogen (secondary N) is 1.